The smallest absolute Gasteiger partial charge is 0.164 e. The zero-order chi connectivity index (χ0) is 42.1. The molecular weight excluding hydrogens is 779 g/mol. The van der Waals surface area contributed by atoms with E-state index in [0.717, 1.165) is 86.4 Å². The Morgan fingerprint density at radius 1 is 0.594 bits per heavy atom. The van der Waals surface area contributed by atoms with Gasteiger partial charge in [-0.15, -0.1) is 0 Å². The normalized spacial score (nSPS) is 21.3. The third-order valence-electron chi connectivity index (χ3n) is 14.8. The maximum absolute atomic E-state index is 5.35. The fourth-order valence-electron chi connectivity index (χ4n) is 11.8. The first-order valence-electron chi connectivity index (χ1n) is 23.4. The molecule has 0 spiro atoms. The first-order valence-corrected chi connectivity index (χ1v) is 23.4. The Morgan fingerprint density at radius 2 is 1.30 bits per heavy atom. The molecule has 5 nitrogen and oxygen atoms in total. The number of hydrogen-bond donors (Lipinski definition) is 0. The van der Waals surface area contributed by atoms with Crippen LogP contribution in [0.15, 0.2) is 163 Å². The zero-order valence-electron chi connectivity index (χ0n) is 36.0. The van der Waals surface area contributed by atoms with Crippen molar-refractivity contribution in [3.05, 3.63) is 219 Å². The molecule has 6 aliphatic carbocycles. The van der Waals surface area contributed by atoms with E-state index in [9.17, 15) is 0 Å². The van der Waals surface area contributed by atoms with Crippen LogP contribution in [0.4, 0.5) is 5.69 Å². The molecule has 0 bridgehead atoms. The van der Waals surface area contributed by atoms with Crippen LogP contribution in [0.25, 0.3) is 52.0 Å². The van der Waals surface area contributed by atoms with Crippen LogP contribution in [0.1, 0.15) is 101 Å². The first kappa shape index (κ1) is 37.4. The topological polar surface area (TPSA) is 46.8 Å². The molecule has 2 aromatic heterocycles. The Labute approximate surface area is 375 Å². The van der Waals surface area contributed by atoms with Crippen molar-refractivity contribution in [2.75, 3.05) is 4.90 Å². The van der Waals surface area contributed by atoms with E-state index in [1.807, 2.05) is 0 Å². The van der Waals surface area contributed by atoms with E-state index >= 15 is 0 Å². The van der Waals surface area contributed by atoms with Crippen molar-refractivity contribution in [2.45, 2.75) is 69.7 Å². The van der Waals surface area contributed by atoms with Gasteiger partial charge < -0.3 is 9.47 Å². The molecule has 4 aromatic carbocycles. The fraction of sp³-hybridized carbons (Fsp3) is 0.203. The average molecular weight is 828 g/mol. The van der Waals surface area contributed by atoms with E-state index in [2.05, 4.69) is 179 Å². The van der Waals surface area contributed by atoms with Crippen LogP contribution in [-0.4, -0.2) is 25.6 Å². The summed E-state index contributed by atoms with van der Waals surface area (Å²) in [5, 5.41) is 0. The summed E-state index contributed by atoms with van der Waals surface area (Å²) < 4.78 is 2.55. The van der Waals surface area contributed by atoms with Gasteiger partial charge in [0.1, 0.15) is 0 Å². The van der Waals surface area contributed by atoms with Crippen LogP contribution < -0.4 is 4.90 Å². The molecule has 0 saturated heterocycles. The fourth-order valence-corrected chi connectivity index (χ4v) is 11.8. The van der Waals surface area contributed by atoms with Crippen molar-refractivity contribution < 1.29 is 0 Å². The van der Waals surface area contributed by atoms with Gasteiger partial charge in [0.15, 0.2) is 17.5 Å². The van der Waals surface area contributed by atoms with Crippen molar-refractivity contribution in [3.63, 3.8) is 0 Å². The van der Waals surface area contributed by atoms with Gasteiger partial charge in [0, 0.05) is 57.5 Å². The minimum absolute atomic E-state index is 0.183. The van der Waals surface area contributed by atoms with Gasteiger partial charge in [0.25, 0.3) is 0 Å². The lowest BCUT2D eigenvalue weighted by molar-refractivity contribution is 0.489. The monoisotopic (exact) mass is 827 g/mol. The van der Waals surface area contributed by atoms with Crippen LogP contribution in [0.2, 0.25) is 0 Å². The molecule has 13 rings (SSSR count). The predicted octanol–water partition coefficient (Wildman–Crippen LogP) is 13.4. The summed E-state index contributed by atoms with van der Waals surface area (Å²) in [5.74, 6) is 2.81. The van der Waals surface area contributed by atoms with E-state index < -0.39 is 0 Å². The third-order valence-corrected chi connectivity index (χ3v) is 14.8. The predicted molar refractivity (Wildman–Crippen MR) is 262 cm³/mol. The number of allylic oxidation sites excluding steroid dienone is 11. The second kappa shape index (κ2) is 15.3. The van der Waals surface area contributed by atoms with Crippen molar-refractivity contribution in [2.24, 2.45) is 5.92 Å². The minimum Gasteiger partial charge on any atom is -0.340 e. The average Bonchev–Trinajstić information content (AvgIpc) is 3.88. The second-order valence-electron chi connectivity index (χ2n) is 18.3. The van der Waals surface area contributed by atoms with Crippen LogP contribution in [-0.2, 0) is 19.3 Å². The van der Waals surface area contributed by atoms with Crippen molar-refractivity contribution in [1.29, 1.82) is 0 Å². The molecule has 0 fully saturated rings. The van der Waals surface area contributed by atoms with Gasteiger partial charge in [0.2, 0.25) is 0 Å². The molecule has 0 amide bonds. The van der Waals surface area contributed by atoms with Gasteiger partial charge in [0.05, 0.1) is 0 Å². The highest BCUT2D eigenvalue weighted by molar-refractivity contribution is 5.82. The Hall–Kier alpha value is -7.11. The standard InChI is InChI=1S/C59H49N5/c1-3-15-38(16-4-1)39-27-29-41(30-28-39)58-60-57(40-17-5-2-6-18-40)61-59(62-58)50-33-34-55(46-20-8-7-19-45(46)50)64-54-26-14-11-23-49(54)51-36-43-35-44(32-31-42(43)37-56(51)64)63-52-24-12-9-21-47(52)48-22-10-13-25-53(48)63/h1-8,11-20,23-27,29,31-32,35,37,46,51,55H,9-10,21-22,28,30,33-34,36H2. The molecule has 3 atom stereocenters. The lowest BCUT2D eigenvalue weighted by atomic mass is 9.75. The van der Waals surface area contributed by atoms with E-state index in [0.29, 0.717) is 5.92 Å². The molecule has 0 radical (unpaired) electrons. The summed E-state index contributed by atoms with van der Waals surface area (Å²) in [4.78, 5) is 18.5. The Bertz CT molecular complexity index is 3110. The Morgan fingerprint density at radius 3 is 2.08 bits per heavy atom. The number of benzene rings is 4. The molecule has 3 unspecified atom stereocenters. The molecule has 0 N–H and O–H groups in total. The highest BCUT2D eigenvalue weighted by atomic mass is 15.2. The number of rotatable bonds is 6. The molecule has 7 aliphatic rings. The van der Waals surface area contributed by atoms with Gasteiger partial charge in [-0.25, -0.2) is 15.0 Å². The molecule has 64 heavy (non-hydrogen) atoms. The molecule has 0 saturated carbocycles. The molecule has 310 valence electrons. The molecule has 3 heterocycles. The Kier molecular flexibility index (Phi) is 8.95. The van der Waals surface area contributed by atoms with E-state index in [1.165, 1.54) is 67.4 Å². The van der Waals surface area contributed by atoms with Gasteiger partial charge in [-0.3, -0.25) is 0 Å². The third kappa shape index (κ3) is 6.16. The van der Waals surface area contributed by atoms with Crippen LogP contribution in [0, 0.1) is 5.92 Å². The largest absolute Gasteiger partial charge is 0.340 e. The minimum atomic E-state index is 0.183. The summed E-state index contributed by atoms with van der Waals surface area (Å²) in [7, 11) is 0. The van der Waals surface area contributed by atoms with E-state index in [4.69, 9.17) is 15.0 Å². The van der Waals surface area contributed by atoms with Crippen LogP contribution in [0.3, 0.4) is 0 Å². The second-order valence-corrected chi connectivity index (χ2v) is 18.3. The Balaban J connectivity index is 0.880. The summed E-state index contributed by atoms with van der Waals surface area (Å²) >= 11 is 0. The summed E-state index contributed by atoms with van der Waals surface area (Å²) in [5.41, 5.74) is 21.5. The number of anilines is 1. The summed E-state index contributed by atoms with van der Waals surface area (Å²) in [6, 6.07) is 37.8. The molecular formula is C59H49N5. The summed E-state index contributed by atoms with van der Waals surface area (Å²) in [6.45, 7) is 0. The van der Waals surface area contributed by atoms with Gasteiger partial charge in [-0.1, -0.05) is 134 Å². The van der Waals surface area contributed by atoms with E-state index in [1.54, 1.807) is 11.1 Å². The highest BCUT2D eigenvalue weighted by Gasteiger charge is 2.44. The number of nitrogens with zero attached hydrogens (tertiary/aromatic N) is 5. The van der Waals surface area contributed by atoms with Crippen molar-refractivity contribution in [1.82, 2.24) is 19.5 Å². The maximum atomic E-state index is 5.35. The zero-order valence-corrected chi connectivity index (χ0v) is 36.0. The molecule has 1 aliphatic heterocycles. The first-order chi connectivity index (χ1) is 31.7. The SMILES string of the molecule is C1=CC2=C(c3nc(C4=CC=C(c5ccccc5)CC4)nc(-c4ccccc4)n3)CCC(N3C4=Cc5ccc(-n6c7c(c8c6C=CCC8)CCC=C7)cc5CC4c4ccccc43)C2C=C1. The van der Waals surface area contributed by atoms with Crippen molar-refractivity contribution in [3.8, 4) is 17.1 Å². The van der Waals surface area contributed by atoms with Crippen LogP contribution >= 0.6 is 0 Å². The number of para-hydroxylation sites is 1. The molecule has 6 aromatic rings. The van der Waals surface area contributed by atoms with Crippen LogP contribution in [0.5, 0.6) is 0 Å². The summed E-state index contributed by atoms with van der Waals surface area (Å²) in [6.07, 6.45) is 34.9. The highest BCUT2D eigenvalue weighted by Crippen LogP contribution is 2.53. The van der Waals surface area contributed by atoms with Crippen molar-refractivity contribution >= 4 is 40.6 Å². The quantitative estimate of drug-likeness (QED) is 0.168. The number of hydrogen-bond acceptors (Lipinski definition) is 4. The number of fused-ring (bicyclic) bond motifs is 8. The number of aromatic nitrogens is 4. The molecule has 5 heteroatoms. The van der Waals surface area contributed by atoms with E-state index in [-0.39, 0.29) is 12.0 Å². The van der Waals surface area contributed by atoms with Gasteiger partial charge in [-0.05, 0) is 144 Å². The lowest BCUT2D eigenvalue weighted by Crippen LogP contribution is -2.42. The lowest BCUT2D eigenvalue weighted by Gasteiger charge is -2.42. The van der Waals surface area contributed by atoms with Gasteiger partial charge >= 0.3 is 0 Å². The van der Waals surface area contributed by atoms with Gasteiger partial charge in [-0.2, -0.15) is 0 Å². The maximum Gasteiger partial charge on any atom is 0.164 e.